The maximum Gasteiger partial charge on any atom is 0.317 e. The first-order valence-corrected chi connectivity index (χ1v) is 9.39. The van der Waals surface area contributed by atoms with Gasteiger partial charge >= 0.3 is 6.03 Å². The Labute approximate surface area is 146 Å². The lowest BCUT2D eigenvalue weighted by Gasteiger charge is -2.17. The van der Waals surface area contributed by atoms with E-state index in [1.165, 1.54) is 5.56 Å². The van der Waals surface area contributed by atoms with Crippen molar-refractivity contribution in [1.82, 2.24) is 25.0 Å². The first kappa shape index (κ1) is 17.0. The Morgan fingerprint density at radius 2 is 2.38 bits per heavy atom. The predicted molar refractivity (Wildman–Crippen MR) is 95.2 cm³/mol. The summed E-state index contributed by atoms with van der Waals surface area (Å²) < 4.78 is 1.83. The number of aryl methyl sites for hydroxylation is 3. The molecule has 0 aromatic carbocycles. The summed E-state index contributed by atoms with van der Waals surface area (Å²) in [5, 5.41) is 10.5. The highest BCUT2D eigenvalue weighted by Crippen LogP contribution is 2.20. The van der Waals surface area contributed by atoms with Crippen LogP contribution in [0.4, 0.5) is 4.79 Å². The average Bonchev–Trinajstić information content (AvgIpc) is 3.27. The lowest BCUT2D eigenvalue weighted by atomic mass is 10.0. The quantitative estimate of drug-likeness (QED) is 0.816. The molecule has 0 saturated carbocycles. The molecule has 1 fully saturated rings. The zero-order valence-electron chi connectivity index (χ0n) is 14.4. The summed E-state index contributed by atoms with van der Waals surface area (Å²) >= 11 is 1.70. The van der Waals surface area contributed by atoms with E-state index in [0.29, 0.717) is 12.5 Å². The van der Waals surface area contributed by atoms with Crippen LogP contribution in [0.1, 0.15) is 29.1 Å². The van der Waals surface area contributed by atoms with E-state index in [1.807, 2.05) is 29.7 Å². The first-order chi connectivity index (χ1) is 11.6. The molecule has 0 unspecified atom stereocenters. The van der Waals surface area contributed by atoms with Crippen molar-refractivity contribution in [1.29, 1.82) is 0 Å². The number of carbonyl (C=O) groups is 1. The van der Waals surface area contributed by atoms with E-state index in [4.69, 9.17) is 0 Å². The Morgan fingerprint density at radius 3 is 3.08 bits per heavy atom. The Hall–Kier alpha value is -1.89. The molecular weight excluding hydrogens is 322 g/mol. The van der Waals surface area contributed by atoms with Crippen LogP contribution < -0.4 is 5.32 Å². The zero-order chi connectivity index (χ0) is 16.9. The number of urea groups is 1. The maximum absolute atomic E-state index is 12.2. The molecule has 2 aromatic heterocycles. The number of nitrogens with one attached hydrogen (secondary N) is 1. The number of nitrogens with zero attached hydrogens (tertiary/aromatic N) is 4. The van der Waals surface area contributed by atoms with Crippen LogP contribution in [0.25, 0.3) is 0 Å². The van der Waals surface area contributed by atoms with Gasteiger partial charge in [-0.1, -0.05) is 0 Å². The van der Waals surface area contributed by atoms with Crippen LogP contribution in [0.3, 0.4) is 0 Å². The fourth-order valence-corrected chi connectivity index (χ4v) is 3.98. The number of carbonyl (C=O) groups excluding carboxylic acids is 1. The van der Waals surface area contributed by atoms with Gasteiger partial charge in [0, 0.05) is 50.4 Å². The largest absolute Gasteiger partial charge is 0.338 e. The molecule has 0 bridgehead atoms. The van der Waals surface area contributed by atoms with Gasteiger partial charge in [0.2, 0.25) is 0 Å². The second kappa shape index (κ2) is 7.79. The molecule has 1 N–H and O–H groups in total. The molecule has 0 aliphatic carbocycles. The third kappa shape index (κ3) is 4.56. The van der Waals surface area contributed by atoms with Crippen LogP contribution in [-0.4, -0.2) is 45.3 Å². The van der Waals surface area contributed by atoms with Crippen LogP contribution >= 0.6 is 11.3 Å². The second-order valence-electron chi connectivity index (χ2n) is 6.55. The van der Waals surface area contributed by atoms with Crippen molar-refractivity contribution in [3.8, 4) is 0 Å². The molecule has 7 heteroatoms. The standard InChI is InChI=1S/C17H25N5OS/c1-13-12-24-16(20-13)4-3-6-18-17(23)22-7-5-14(11-22)8-15-9-19-21(2)10-15/h9-10,12,14H,3-8,11H2,1-2H3,(H,18,23)/t14-/m0/s1. The highest BCUT2D eigenvalue weighted by atomic mass is 32.1. The summed E-state index contributed by atoms with van der Waals surface area (Å²) in [6.07, 6.45) is 7.92. The fraction of sp³-hybridized carbons (Fsp3) is 0.588. The van der Waals surface area contributed by atoms with Crippen molar-refractivity contribution in [2.75, 3.05) is 19.6 Å². The molecule has 1 saturated heterocycles. The summed E-state index contributed by atoms with van der Waals surface area (Å²) in [6.45, 7) is 4.41. The van der Waals surface area contributed by atoms with Gasteiger partial charge in [0.25, 0.3) is 0 Å². The number of rotatable bonds is 6. The van der Waals surface area contributed by atoms with E-state index >= 15 is 0 Å². The van der Waals surface area contributed by atoms with Gasteiger partial charge in [-0.3, -0.25) is 4.68 Å². The second-order valence-corrected chi connectivity index (χ2v) is 7.49. The molecular formula is C17H25N5OS. The van der Waals surface area contributed by atoms with E-state index in [9.17, 15) is 4.79 Å². The zero-order valence-corrected chi connectivity index (χ0v) is 15.2. The minimum absolute atomic E-state index is 0.0685. The smallest absolute Gasteiger partial charge is 0.317 e. The average molecular weight is 347 g/mol. The number of amides is 2. The highest BCUT2D eigenvalue weighted by molar-refractivity contribution is 7.09. The Morgan fingerprint density at radius 1 is 1.50 bits per heavy atom. The van der Waals surface area contributed by atoms with Crippen LogP contribution in [0.15, 0.2) is 17.8 Å². The minimum atomic E-state index is 0.0685. The van der Waals surface area contributed by atoms with Gasteiger partial charge in [-0.05, 0) is 37.7 Å². The van der Waals surface area contributed by atoms with Crippen LogP contribution in [0, 0.1) is 12.8 Å². The number of thiazole rings is 1. The minimum Gasteiger partial charge on any atom is -0.338 e. The topological polar surface area (TPSA) is 63.1 Å². The molecule has 2 aromatic rings. The number of aromatic nitrogens is 3. The number of likely N-dealkylation sites (tertiary alicyclic amines) is 1. The molecule has 24 heavy (non-hydrogen) atoms. The maximum atomic E-state index is 12.2. The molecule has 1 atom stereocenters. The van der Waals surface area contributed by atoms with E-state index in [0.717, 1.165) is 49.5 Å². The fourth-order valence-electron chi connectivity index (χ4n) is 3.16. The molecule has 3 heterocycles. The van der Waals surface area contributed by atoms with Gasteiger partial charge in [0.1, 0.15) is 0 Å². The van der Waals surface area contributed by atoms with Crippen LogP contribution in [-0.2, 0) is 19.9 Å². The van der Waals surface area contributed by atoms with E-state index in [-0.39, 0.29) is 6.03 Å². The molecule has 6 nitrogen and oxygen atoms in total. The SMILES string of the molecule is Cc1csc(CCCNC(=O)N2CC[C@@H](Cc3cnn(C)c3)C2)n1. The molecule has 3 rings (SSSR count). The predicted octanol–water partition coefficient (Wildman–Crippen LogP) is 2.39. The summed E-state index contributed by atoms with van der Waals surface area (Å²) in [7, 11) is 1.94. The van der Waals surface area contributed by atoms with Gasteiger partial charge in [-0.15, -0.1) is 11.3 Å². The van der Waals surface area contributed by atoms with Crippen LogP contribution in [0.2, 0.25) is 0 Å². The molecule has 1 aliphatic heterocycles. The number of hydrogen-bond donors (Lipinski definition) is 1. The third-order valence-corrected chi connectivity index (χ3v) is 5.39. The molecule has 130 valence electrons. The van der Waals surface area contributed by atoms with E-state index < -0.39 is 0 Å². The molecule has 1 aliphatic rings. The van der Waals surface area contributed by atoms with Crippen LogP contribution in [0.5, 0.6) is 0 Å². The highest BCUT2D eigenvalue weighted by Gasteiger charge is 2.26. The monoisotopic (exact) mass is 347 g/mol. The molecule has 2 amide bonds. The van der Waals surface area contributed by atoms with E-state index in [1.54, 1.807) is 11.3 Å². The van der Waals surface area contributed by atoms with Gasteiger partial charge < -0.3 is 10.2 Å². The number of hydrogen-bond acceptors (Lipinski definition) is 4. The summed E-state index contributed by atoms with van der Waals surface area (Å²) in [4.78, 5) is 18.6. The van der Waals surface area contributed by atoms with Crippen molar-refractivity contribution in [2.24, 2.45) is 13.0 Å². The van der Waals surface area contributed by atoms with Crippen molar-refractivity contribution in [2.45, 2.75) is 32.6 Å². The van der Waals surface area contributed by atoms with Gasteiger partial charge in [-0.25, -0.2) is 9.78 Å². The Kier molecular flexibility index (Phi) is 5.50. The van der Waals surface area contributed by atoms with Gasteiger partial charge in [-0.2, -0.15) is 5.10 Å². The van der Waals surface area contributed by atoms with Gasteiger partial charge in [0.05, 0.1) is 11.2 Å². The lowest BCUT2D eigenvalue weighted by molar-refractivity contribution is 0.207. The third-order valence-electron chi connectivity index (χ3n) is 4.37. The summed E-state index contributed by atoms with van der Waals surface area (Å²) in [5.74, 6) is 0.540. The normalized spacial score (nSPS) is 17.4. The molecule has 0 spiro atoms. The summed E-state index contributed by atoms with van der Waals surface area (Å²) in [5.41, 5.74) is 2.33. The van der Waals surface area contributed by atoms with Crippen molar-refractivity contribution >= 4 is 17.4 Å². The lowest BCUT2D eigenvalue weighted by Crippen LogP contribution is -2.39. The van der Waals surface area contributed by atoms with Gasteiger partial charge in [0.15, 0.2) is 0 Å². The summed E-state index contributed by atoms with van der Waals surface area (Å²) in [6, 6.07) is 0.0685. The van der Waals surface area contributed by atoms with E-state index in [2.05, 4.69) is 27.0 Å². The molecule has 0 radical (unpaired) electrons. The van der Waals surface area contributed by atoms with Crippen molar-refractivity contribution < 1.29 is 4.79 Å². The van der Waals surface area contributed by atoms with Crippen molar-refractivity contribution in [3.63, 3.8) is 0 Å². The first-order valence-electron chi connectivity index (χ1n) is 8.51. The Balaban J connectivity index is 1.35. The Bertz CT molecular complexity index is 680. The van der Waals surface area contributed by atoms with Crippen molar-refractivity contribution in [3.05, 3.63) is 34.0 Å².